The first-order valence-electron chi connectivity index (χ1n) is 8.07. The third-order valence-corrected chi connectivity index (χ3v) is 4.60. The van der Waals surface area contributed by atoms with E-state index in [1.54, 1.807) is 0 Å². The van der Waals surface area contributed by atoms with Gasteiger partial charge in [0, 0.05) is 30.9 Å². The van der Waals surface area contributed by atoms with Crippen molar-refractivity contribution < 1.29 is 0 Å². The topological polar surface area (TPSA) is 15.3 Å². The van der Waals surface area contributed by atoms with Crippen molar-refractivity contribution in [3.05, 3.63) is 29.8 Å². The number of hydrogen-bond acceptors (Lipinski definition) is 2. The summed E-state index contributed by atoms with van der Waals surface area (Å²) in [7, 11) is 0. The zero-order chi connectivity index (χ0) is 14.7. The van der Waals surface area contributed by atoms with Gasteiger partial charge in [-0.05, 0) is 36.8 Å². The van der Waals surface area contributed by atoms with Crippen LogP contribution in [-0.2, 0) is 6.54 Å². The van der Waals surface area contributed by atoms with Gasteiger partial charge in [-0.15, -0.1) is 0 Å². The molecule has 1 saturated heterocycles. The molecule has 3 unspecified atom stereocenters. The number of piperidine rings is 1. The Kier molecular flexibility index (Phi) is 5.09. The van der Waals surface area contributed by atoms with E-state index in [-0.39, 0.29) is 0 Å². The van der Waals surface area contributed by atoms with Crippen LogP contribution in [-0.4, -0.2) is 18.6 Å². The van der Waals surface area contributed by atoms with Crippen LogP contribution >= 0.6 is 0 Å². The van der Waals surface area contributed by atoms with Crippen molar-refractivity contribution in [2.45, 2.75) is 59.7 Å². The van der Waals surface area contributed by atoms with E-state index >= 15 is 0 Å². The van der Waals surface area contributed by atoms with Crippen molar-refractivity contribution >= 4 is 5.69 Å². The second kappa shape index (κ2) is 6.62. The highest BCUT2D eigenvalue weighted by atomic mass is 15.2. The summed E-state index contributed by atoms with van der Waals surface area (Å²) in [5.74, 6) is 1.55. The minimum Gasteiger partial charge on any atom is -0.368 e. The molecule has 1 aliphatic heterocycles. The Balaban J connectivity index is 2.22. The zero-order valence-electron chi connectivity index (χ0n) is 13.7. The minimum atomic E-state index is 0.527. The molecule has 0 radical (unpaired) electrons. The SMILES string of the molecule is CC1CC(C)C(C)N(c2ccccc2CNC(C)C)C1. The van der Waals surface area contributed by atoms with Crippen LogP contribution in [0.25, 0.3) is 0 Å². The molecule has 0 aromatic heterocycles. The van der Waals surface area contributed by atoms with Gasteiger partial charge in [-0.2, -0.15) is 0 Å². The normalized spacial score (nSPS) is 27.1. The summed E-state index contributed by atoms with van der Waals surface area (Å²) in [6.45, 7) is 13.7. The van der Waals surface area contributed by atoms with Crippen molar-refractivity contribution in [1.29, 1.82) is 0 Å². The quantitative estimate of drug-likeness (QED) is 0.891. The summed E-state index contributed by atoms with van der Waals surface area (Å²) < 4.78 is 0. The molecule has 2 nitrogen and oxygen atoms in total. The Bertz CT molecular complexity index is 427. The Labute approximate surface area is 124 Å². The fourth-order valence-corrected chi connectivity index (χ4v) is 3.29. The van der Waals surface area contributed by atoms with Crippen molar-refractivity contribution in [1.82, 2.24) is 5.32 Å². The molecule has 1 aromatic carbocycles. The van der Waals surface area contributed by atoms with E-state index < -0.39 is 0 Å². The maximum Gasteiger partial charge on any atom is 0.0414 e. The van der Waals surface area contributed by atoms with E-state index in [0.29, 0.717) is 12.1 Å². The number of nitrogens with one attached hydrogen (secondary N) is 1. The third-order valence-electron chi connectivity index (χ3n) is 4.60. The van der Waals surface area contributed by atoms with E-state index in [9.17, 15) is 0 Å². The summed E-state index contributed by atoms with van der Waals surface area (Å²) >= 11 is 0. The van der Waals surface area contributed by atoms with Gasteiger partial charge in [0.05, 0.1) is 0 Å². The van der Waals surface area contributed by atoms with Crippen LogP contribution in [0.15, 0.2) is 24.3 Å². The molecule has 2 rings (SSSR count). The average molecular weight is 274 g/mol. The molecule has 1 N–H and O–H groups in total. The van der Waals surface area contributed by atoms with Gasteiger partial charge < -0.3 is 10.2 Å². The molecular weight excluding hydrogens is 244 g/mol. The largest absolute Gasteiger partial charge is 0.368 e. The lowest BCUT2D eigenvalue weighted by molar-refractivity contribution is 0.296. The van der Waals surface area contributed by atoms with Gasteiger partial charge in [0.1, 0.15) is 0 Å². The summed E-state index contributed by atoms with van der Waals surface area (Å²) in [4.78, 5) is 2.62. The van der Waals surface area contributed by atoms with Gasteiger partial charge in [-0.3, -0.25) is 0 Å². The molecule has 0 bridgehead atoms. The molecular formula is C18H30N2. The molecule has 1 fully saturated rings. The number of hydrogen-bond donors (Lipinski definition) is 1. The predicted octanol–water partition coefficient (Wildman–Crippen LogP) is 4.06. The van der Waals surface area contributed by atoms with E-state index in [4.69, 9.17) is 0 Å². The van der Waals surface area contributed by atoms with Crippen LogP contribution in [0.5, 0.6) is 0 Å². The predicted molar refractivity (Wildman–Crippen MR) is 88.2 cm³/mol. The van der Waals surface area contributed by atoms with Gasteiger partial charge in [0.15, 0.2) is 0 Å². The van der Waals surface area contributed by atoms with Crippen molar-refractivity contribution in [2.24, 2.45) is 11.8 Å². The molecule has 0 saturated carbocycles. The molecule has 20 heavy (non-hydrogen) atoms. The second-order valence-electron chi connectivity index (χ2n) is 6.88. The van der Waals surface area contributed by atoms with Crippen LogP contribution in [0.4, 0.5) is 5.69 Å². The monoisotopic (exact) mass is 274 g/mol. The van der Waals surface area contributed by atoms with E-state index in [1.807, 2.05) is 0 Å². The number of nitrogens with zero attached hydrogens (tertiary/aromatic N) is 1. The molecule has 112 valence electrons. The lowest BCUT2D eigenvalue weighted by atomic mass is 9.85. The number of para-hydroxylation sites is 1. The first-order chi connectivity index (χ1) is 9.49. The van der Waals surface area contributed by atoms with Gasteiger partial charge in [-0.25, -0.2) is 0 Å². The summed E-state index contributed by atoms with van der Waals surface area (Å²) in [6, 6.07) is 10.0. The zero-order valence-corrected chi connectivity index (χ0v) is 13.7. The van der Waals surface area contributed by atoms with Crippen LogP contribution in [0, 0.1) is 11.8 Å². The first kappa shape index (κ1) is 15.4. The molecule has 0 amide bonds. The smallest absolute Gasteiger partial charge is 0.0414 e. The van der Waals surface area contributed by atoms with Gasteiger partial charge >= 0.3 is 0 Å². The summed E-state index contributed by atoms with van der Waals surface area (Å²) in [5, 5.41) is 3.55. The highest BCUT2D eigenvalue weighted by Gasteiger charge is 2.29. The fourth-order valence-electron chi connectivity index (χ4n) is 3.29. The lowest BCUT2D eigenvalue weighted by Gasteiger charge is -2.43. The van der Waals surface area contributed by atoms with Gasteiger partial charge in [0.2, 0.25) is 0 Å². The standard InChI is InChI=1S/C18H30N2/c1-13(2)19-11-17-8-6-7-9-18(17)20-12-14(3)10-15(4)16(20)5/h6-9,13-16,19H,10-12H2,1-5H3. The number of anilines is 1. The van der Waals surface area contributed by atoms with E-state index in [2.05, 4.69) is 69.1 Å². The van der Waals surface area contributed by atoms with Crippen LogP contribution < -0.4 is 10.2 Å². The van der Waals surface area contributed by atoms with E-state index in [1.165, 1.54) is 24.2 Å². The lowest BCUT2D eigenvalue weighted by Crippen LogP contribution is -2.46. The maximum atomic E-state index is 3.55. The maximum absolute atomic E-state index is 3.55. The highest BCUT2D eigenvalue weighted by molar-refractivity contribution is 5.55. The summed E-state index contributed by atoms with van der Waals surface area (Å²) in [5.41, 5.74) is 2.85. The van der Waals surface area contributed by atoms with Gasteiger partial charge in [-0.1, -0.05) is 45.9 Å². The first-order valence-corrected chi connectivity index (χ1v) is 8.07. The van der Waals surface area contributed by atoms with Crippen LogP contribution in [0.1, 0.15) is 46.6 Å². The van der Waals surface area contributed by atoms with Crippen LogP contribution in [0.2, 0.25) is 0 Å². The molecule has 0 spiro atoms. The number of benzene rings is 1. The summed E-state index contributed by atoms with van der Waals surface area (Å²) in [6.07, 6.45) is 1.35. The van der Waals surface area contributed by atoms with Crippen molar-refractivity contribution in [3.63, 3.8) is 0 Å². The van der Waals surface area contributed by atoms with Gasteiger partial charge in [0.25, 0.3) is 0 Å². The van der Waals surface area contributed by atoms with Crippen molar-refractivity contribution in [3.8, 4) is 0 Å². The molecule has 1 heterocycles. The second-order valence-corrected chi connectivity index (χ2v) is 6.88. The number of rotatable bonds is 4. The molecule has 2 heteroatoms. The van der Waals surface area contributed by atoms with Crippen molar-refractivity contribution in [2.75, 3.05) is 11.4 Å². The molecule has 3 atom stereocenters. The molecule has 0 aliphatic carbocycles. The highest BCUT2D eigenvalue weighted by Crippen LogP contribution is 2.33. The Morgan fingerprint density at radius 2 is 1.90 bits per heavy atom. The third kappa shape index (κ3) is 3.54. The molecule has 1 aliphatic rings. The Morgan fingerprint density at radius 1 is 1.20 bits per heavy atom. The van der Waals surface area contributed by atoms with Crippen LogP contribution in [0.3, 0.4) is 0 Å². The Morgan fingerprint density at radius 3 is 2.60 bits per heavy atom. The fraction of sp³-hybridized carbons (Fsp3) is 0.667. The average Bonchev–Trinajstić information content (AvgIpc) is 2.41. The minimum absolute atomic E-state index is 0.527. The van der Waals surface area contributed by atoms with E-state index in [0.717, 1.165) is 18.4 Å². The molecule has 1 aromatic rings. The Hall–Kier alpha value is -1.02.